The number of nitrogens with zero attached hydrogens (tertiary/aromatic N) is 6. The highest BCUT2D eigenvalue weighted by atomic mass is 16.3. The SMILES string of the molecule is OCCCc1cc(Cc2cc(CCCO)cc(-n3nc4ccccc4n3)c2O)c(O)c(-n2nc3ccccc3n2)c1. The normalized spacial score (nSPS) is 11.6. The predicted molar refractivity (Wildman–Crippen MR) is 155 cm³/mol. The van der Waals surface area contributed by atoms with Crippen molar-refractivity contribution in [2.45, 2.75) is 32.1 Å². The minimum absolute atomic E-state index is 0.00252. The molecule has 0 saturated heterocycles. The van der Waals surface area contributed by atoms with Crippen LogP contribution in [0.1, 0.15) is 35.1 Å². The summed E-state index contributed by atoms with van der Waals surface area (Å²) in [5.41, 5.74) is 6.61. The first kappa shape index (κ1) is 26.4. The van der Waals surface area contributed by atoms with Gasteiger partial charge in [-0.15, -0.1) is 30.0 Å². The van der Waals surface area contributed by atoms with Gasteiger partial charge in [0, 0.05) is 30.8 Å². The molecule has 0 bridgehead atoms. The van der Waals surface area contributed by atoms with Crippen LogP contribution >= 0.6 is 0 Å². The predicted octanol–water partition coefficient (Wildman–Crippen LogP) is 4.01. The highest BCUT2D eigenvalue weighted by molar-refractivity contribution is 5.74. The maximum absolute atomic E-state index is 11.5. The molecule has 0 unspecified atom stereocenters. The van der Waals surface area contributed by atoms with Crippen molar-refractivity contribution in [1.29, 1.82) is 0 Å². The Morgan fingerprint density at radius 3 is 1.24 bits per heavy atom. The lowest BCUT2D eigenvalue weighted by Crippen LogP contribution is -2.06. The summed E-state index contributed by atoms with van der Waals surface area (Å²) in [6.07, 6.45) is 2.51. The Kier molecular flexibility index (Phi) is 7.32. The van der Waals surface area contributed by atoms with Crippen LogP contribution in [0.25, 0.3) is 33.4 Å². The molecule has 0 fully saturated rings. The molecule has 0 amide bonds. The molecule has 6 aromatic rings. The summed E-state index contributed by atoms with van der Waals surface area (Å²) >= 11 is 0. The number of aliphatic hydroxyl groups excluding tert-OH is 2. The van der Waals surface area contributed by atoms with Crippen LogP contribution in [0.3, 0.4) is 0 Å². The lowest BCUT2D eigenvalue weighted by Gasteiger charge is -2.16. The van der Waals surface area contributed by atoms with Crippen LogP contribution in [-0.4, -0.2) is 63.6 Å². The molecule has 0 atom stereocenters. The third kappa shape index (κ3) is 5.34. The number of rotatable bonds is 10. The van der Waals surface area contributed by atoms with Crippen LogP contribution in [0.4, 0.5) is 0 Å². The lowest BCUT2D eigenvalue weighted by atomic mass is 9.95. The molecule has 4 aromatic carbocycles. The molecule has 0 aliphatic heterocycles. The minimum Gasteiger partial charge on any atom is -0.505 e. The van der Waals surface area contributed by atoms with Gasteiger partial charge in [-0.2, -0.15) is 0 Å². The maximum Gasteiger partial charge on any atom is 0.146 e. The Balaban J connectivity index is 1.46. The van der Waals surface area contributed by atoms with Gasteiger partial charge in [-0.25, -0.2) is 0 Å². The van der Waals surface area contributed by atoms with Crippen LogP contribution in [0.5, 0.6) is 11.5 Å². The Labute approximate surface area is 235 Å². The first-order chi connectivity index (χ1) is 20.0. The van der Waals surface area contributed by atoms with Crippen molar-refractivity contribution in [2.24, 2.45) is 0 Å². The topological polar surface area (TPSA) is 142 Å². The minimum atomic E-state index is 0.00252. The standard InChI is InChI=1S/C31H30N6O4/c38-13-5-7-20-15-22(30(40)28(17-20)36-32-24-9-1-2-10-25(24)33-36)19-23-16-21(8-6-14-39)18-29(31(23)41)37-34-26-11-3-4-12-27(26)35-37/h1-4,9-12,15-18,38-41H,5-8,13-14,19H2. The van der Waals surface area contributed by atoms with E-state index in [0.717, 1.165) is 11.1 Å². The van der Waals surface area contributed by atoms with E-state index in [0.29, 0.717) is 70.3 Å². The van der Waals surface area contributed by atoms with Crippen molar-refractivity contribution in [3.63, 3.8) is 0 Å². The van der Waals surface area contributed by atoms with E-state index >= 15 is 0 Å². The molecule has 0 radical (unpaired) electrons. The average Bonchev–Trinajstić information content (AvgIpc) is 3.62. The molecule has 10 heteroatoms. The van der Waals surface area contributed by atoms with Gasteiger partial charge in [-0.1, -0.05) is 36.4 Å². The second-order valence-electron chi connectivity index (χ2n) is 10.0. The molecular weight excluding hydrogens is 520 g/mol. The molecule has 208 valence electrons. The summed E-state index contributed by atoms with van der Waals surface area (Å²) < 4.78 is 0. The van der Waals surface area contributed by atoms with E-state index in [1.54, 1.807) is 0 Å². The van der Waals surface area contributed by atoms with Crippen LogP contribution in [0, 0.1) is 0 Å². The lowest BCUT2D eigenvalue weighted by molar-refractivity contribution is 0.288. The molecule has 4 N–H and O–H groups in total. The van der Waals surface area contributed by atoms with E-state index in [1.807, 2.05) is 72.8 Å². The summed E-state index contributed by atoms with van der Waals surface area (Å²) in [4.78, 5) is 2.85. The van der Waals surface area contributed by atoms with Crippen LogP contribution in [-0.2, 0) is 19.3 Å². The number of benzene rings is 4. The summed E-state index contributed by atoms with van der Waals surface area (Å²) in [7, 11) is 0. The van der Waals surface area contributed by atoms with Gasteiger partial charge in [0.2, 0.25) is 0 Å². The van der Waals surface area contributed by atoms with Crippen molar-refractivity contribution >= 4 is 22.1 Å². The number of phenolic OH excluding ortho intramolecular Hbond substituents is 2. The molecule has 2 heterocycles. The first-order valence-electron chi connectivity index (χ1n) is 13.6. The third-order valence-electron chi connectivity index (χ3n) is 7.09. The quantitative estimate of drug-likeness (QED) is 0.200. The number of phenols is 2. The number of hydrogen-bond acceptors (Lipinski definition) is 8. The number of fused-ring (bicyclic) bond motifs is 2. The molecule has 0 aliphatic carbocycles. The zero-order chi connectivity index (χ0) is 28.3. The monoisotopic (exact) mass is 550 g/mol. The molecule has 0 spiro atoms. The van der Waals surface area contributed by atoms with Gasteiger partial charge in [0.05, 0.1) is 0 Å². The second-order valence-corrected chi connectivity index (χ2v) is 10.0. The van der Waals surface area contributed by atoms with Gasteiger partial charge in [0.15, 0.2) is 0 Å². The average molecular weight is 551 g/mol. The molecule has 0 aliphatic rings. The molecule has 2 aromatic heterocycles. The highest BCUT2D eigenvalue weighted by Crippen LogP contribution is 2.35. The molecular formula is C31H30N6O4. The molecule has 0 saturated carbocycles. The molecule has 41 heavy (non-hydrogen) atoms. The second kappa shape index (κ2) is 11.4. The fraction of sp³-hybridized carbons (Fsp3) is 0.226. The maximum atomic E-state index is 11.5. The Morgan fingerprint density at radius 2 is 0.902 bits per heavy atom. The number of hydrogen-bond donors (Lipinski definition) is 4. The van der Waals surface area contributed by atoms with Crippen LogP contribution < -0.4 is 0 Å². The van der Waals surface area contributed by atoms with E-state index in [2.05, 4.69) is 20.4 Å². The smallest absolute Gasteiger partial charge is 0.146 e. The zero-order valence-corrected chi connectivity index (χ0v) is 22.4. The number of aliphatic hydroxyl groups is 2. The van der Waals surface area contributed by atoms with E-state index in [4.69, 9.17) is 0 Å². The highest BCUT2D eigenvalue weighted by Gasteiger charge is 2.19. The van der Waals surface area contributed by atoms with E-state index in [1.165, 1.54) is 9.59 Å². The number of aromatic hydroxyl groups is 2. The summed E-state index contributed by atoms with van der Waals surface area (Å²) in [6.45, 7) is 0.0788. The van der Waals surface area contributed by atoms with Gasteiger partial charge < -0.3 is 20.4 Å². The van der Waals surface area contributed by atoms with Crippen LogP contribution in [0.15, 0.2) is 72.8 Å². The van der Waals surface area contributed by atoms with Crippen molar-refractivity contribution in [2.75, 3.05) is 13.2 Å². The zero-order valence-electron chi connectivity index (χ0n) is 22.4. The van der Waals surface area contributed by atoms with Gasteiger partial charge >= 0.3 is 0 Å². The summed E-state index contributed by atoms with van der Waals surface area (Å²) in [6, 6.07) is 22.4. The Bertz CT molecular complexity index is 1640. The van der Waals surface area contributed by atoms with E-state index in [9.17, 15) is 20.4 Å². The van der Waals surface area contributed by atoms with E-state index < -0.39 is 0 Å². The van der Waals surface area contributed by atoms with Gasteiger partial charge in [0.25, 0.3) is 0 Å². The van der Waals surface area contributed by atoms with Crippen LogP contribution in [0.2, 0.25) is 0 Å². The van der Waals surface area contributed by atoms with E-state index in [-0.39, 0.29) is 31.1 Å². The Hall–Kier alpha value is -4.80. The van der Waals surface area contributed by atoms with Gasteiger partial charge in [-0.05, 0) is 73.2 Å². The molecule has 6 rings (SSSR count). The fourth-order valence-electron chi connectivity index (χ4n) is 5.05. The Morgan fingerprint density at radius 1 is 0.537 bits per heavy atom. The van der Waals surface area contributed by atoms with Gasteiger partial charge in [0.1, 0.15) is 44.9 Å². The summed E-state index contributed by atoms with van der Waals surface area (Å²) in [5, 5.41) is 60.1. The largest absolute Gasteiger partial charge is 0.505 e. The van der Waals surface area contributed by atoms with Gasteiger partial charge in [-0.3, -0.25) is 0 Å². The molecule has 10 nitrogen and oxygen atoms in total. The number of aromatic nitrogens is 6. The third-order valence-corrected chi connectivity index (χ3v) is 7.09. The van der Waals surface area contributed by atoms with Crippen molar-refractivity contribution < 1.29 is 20.4 Å². The fourth-order valence-corrected chi connectivity index (χ4v) is 5.05. The summed E-state index contributed by atoms with van der Waals surface area (Å²) in [5.74, 6) is 0.00503. The van der Waals surface area contributed by atoms with Crippen molar-refractivity contribution in [3.8, 4) is 22.9 Å². The first-order valence-corrected chi connectivity index (χ1v) is 13.6. The number of aryl methyl sites for hydroxylation is 2. The van der Waals surface area contributed by atoms with Crippen molar-refractivity contribution in [3.05, 3.63) is 95.1 Å². The van der Waals surface area contributed by atoms with Crippen molar-refractivity contribution in [1.82, 2.24) is 30.0 Å².